The number of fused-ring (bicyclic) bond motifs is 1. The maximum Gasteiger partial charge on any atom is 0.249 e. The van der Waals surface area contributed by atoms with Crippen LogP contribution in [-0.2, 0) is 11.2 Å². The van der Waals surface area contributed by atoms with Gasteiger partial charge in [0.25, 0.3) is 0 Å². The molecular formula is C27H33N9O2S. The Labute approximate surface area is 231 Å². The number of hydrogen-bond donors (Lipinski definition) is 2. The van der Waals surface area contributed by atoms with Crippen molar-refractivity contribution in [3.63, 3.8) is 0 Å². The average Bonchev–Trinajstić information content (AvgIpc) is 3.59. The molecule has 5 heterocycles. The lowest BCUT2D eigenvalue weighted by Crippen LogP contribution is -2.56. The van der Waals surface area contributed by atoms with Crippen molar-refractivity contribution in [3.8, 4) is 21.8 Å². The Balaban J connectivity index is 1.71. The quantitative estimate of drug-likeness (QED) is 0.309. The third-order valence-corrected chi connectivity index (χ3v) is 8.26. The minimum Gasteiger partial charge on any atom is -0.366 e. The number of carbonyl (C=O) groups is 2. The summed E-state index contributed by atoms with van der Waals surface area (Å²) < 4.78 is 5.91. The first-order valence-electron chi connectivity index (χ1n) is 13.2. The van der Waals surface area contributed by atoms with Crippen LogP contribution in [0, 0.1) is 0 Å². The molecule has 2 atom stereocenters. The van der Waals surface area contributed by atoms with Crippen LogP contribution in [0.1, 0.15) is 43.1 Å². The van der Waals surface area contributed by atoms with E-state index in [4.69, 9.17) is 15.7 Å². The Hall–Kier alpha value is -3.90. The van der Waals surface area contributed by atoms with E-state index in [0.717, 1.165) is 29.2 Å². The molecule has 1 saturated heterocycles. The second-order valence-corrected chi connectivity index (χ2v) is 10.5. The van der Waals surface area contributed by atoms with Gasteiger partial charge >= 0.3 is 0 Å². The molecule has 204 valence electrons. The molecule has 4 aromatic rings. The average molecular weight is 548 g/mol. The molecule has 0 spiro atoms. The number of anilines is 1. The van der Waals surface area contributed by atoms with E-state index in [2.05, 4.69) is 40.5 Å². The van der Waals surface area contributed by atoms with Gasteiger partial charge in [0.05, 0.1) is 28.0 Å². The van der Waals surface area contributed by atoms with Crippen LogP contribution in [0.3, 0.4) is 0 Å². The van der Waals surface area contributed by atoms with Crippen LogP contribution < -0.4 is 16.0 Å². The summed E-state index contributed by atoms with van der Waals surface area (Å²) in [6.45, 7) is 8.79. The van der Waals surface area contributed by atoms with Crippen molar-refractivity contribution in [1.29, 1.82) is 0 Å². The van der Waals surface area contributed by atoms with Gasteiger partial charge < -0.3 is 20.9 Å². The third-order valence-electron chi connectivity index (χ3n) is 7.49. The van der Waals surface area contributed by atoms with Gasteiger partial charge in [-0.2, -0.15) is 5.10 Å². The zero-order valence-corrected chi connectivity index (χ0v) is 23.4. The highest BCUT2D eigenvalue weighted by atomic mass is 32.1. The van der Waals surface area contributed by atoms with E-state index in [0.29, 0.717) is 47.7 Å². The van der Waals surface area contributed by atoms with Crippen molar-refractivity contribution in [2.45, 2.75) is 45.7 Å². The number of nitrogens with one attached hydrogen (secondary N) is 1. The fourth-order valence-corrected chi connectivity index (χ4v) is 5.81. The smallest absolute Gasteiger partial charge is 0.249 e. The highest BCUT2D eigenvalue weighted by Crippen LogP contribution is 2.35. The SMILES string of the molecule is CCN(CC)[C@@H](C)Cc1c(C(N)=O)cc(N2CC[C@H]2C(=O)NC)nc1-c1cnn2ccc(-c3ccns3)nc12. The topological polar surface area (TPSA) is 135 Å². The maximum absolute atomic E-state index is 12.9. The number of carbonyl (C=O) groups excluding carboxylic acids is 2. The Morgan fingerprint density at radius 1 is 1.26 bits per heavy atom. The molecule has 12 heteroatoms. The molecular weight excluding hydrogens is 514 g/mol. The number of pyridine rings is 1. The van der Waals surface area contributed by atoms with E-state index < -0.39 is 5.91 Å². The lowest BCUT2D eigenvalue weighted by Gasteiger charge is -2.41. The molecule has 1 aliphatic heterocycles. The Morgan fingerprint density at radius 3 is 2.67 bits per heavy atom. The minimum atomic E-state index is -0.534. The summed E-state index contributed by atoms with van der Waals surface area (Å²) in [5.41, 5.74) is 9.83. The molecule has 2 amide bonds. The summed E-state index contributed by atoms with van der Waals surface area (Å²) in [5.74, 6) is -0.0828. The number of nitrogens with zero attached hydrogens (tertiary/aromatic N) is 7. The monoisotopic (exact) mass is 547 g/mol. The highest BCUT2D eigenvalue weighted by molar-refractivity contribution is 7.09. The molecule has 3 N–H and O–H groups in total. The molecule has 1 fully saturated rings. The van der Waals surface area contributed by atoms with Crippen LogP contribution in [0.25, 0.3) is 27.5 Å². The van der Waals surface area contributed by atoms with Gasteiger partial charge in [-0.1, -0.05) is 13.8 Å². The standard InChI is InChI=1S/C27H33N9O2S/c1-5-34(6-2)16(3)13-17-18(25(28)37)14-23(35-11-9-21(35)27(38)29-4)33-24(17)19-15-30-36-12-8-20(32-26(19)36)22-7-10-31-39-22/h7-8,10,12,14-16,21H,5-6,9,11,13H2,1-4H3,(H2,28,37)(H,29,38)/t16-,21-/m0/s1. The summed E-state index contributed by atoms with van der Waals surface area (Å²) in [7, 11) is 1.62. The Bertz CT molecular complexity index is 1500. The van der Waals surface area contributed by atoms with E-state index in [-0.39, 0.29) is 18.0 Å². The number of nitrogens with two attached hydrogens (primary N) is 1. The van der Waals surface area contributed by atoms with Crippen LogP contribution in [-0.4, -0.2) is 79.4 Å². The van der Waals surface area contributed by atoms with Gasteiger partial charge in [-0.15, -0.1) is 0 Å². The van der Waals surface area contributed by atoms with Gasteiger partial charge in [0.1, 0.15) is 11.9 Å². The third kappa shape index (κ3) is 4.97. The van der Waals surface area contributed by atoms with Crippen molar-refractivity contribution >= 4 is 34.8 Å². The molecule has 0 aromatic carbocycles. The number of rotatable bonds is 10. The summed E-state index contributed by atoms with van der Waals surface area (Å²) >= 11 is 1.37. The van der Waals surface area contributed by atoms with Crippen LogP contribution in [0.2, 0.25) is 0 Å². The predicted molar refractivity (Wildman–Crippen MR) is 152 cm³/mol. The summed E-state index contributed by atoms with van der Waals surface area (Å²) in [6, 6.07) is 5.33. The summed E-state index contributed by atoms with van der Waals surface area (Å²) in [6.07, 6.45) is 6.60. The first kappa shape index (κ1) is 26.7. The highest BCUT2D eigenvalue weighted by Gasteiger charge is 2.36. The Kier molecular flexibility index (Phi) is 7.58. The van der Waals surface area contributed by atoms with E-state index in [1.165, 1.54) is 11.5 Å². The number of likely N-dealkylation sites (N-methyl/N-ethyl adjacent to an activating group) is 2. The lowest BCUT2D eigenvalue weighted by atomic mass is 9.94. The van der Waals surface area contributed by atoms with Gasteiger partial charge in [-0.3, -0.25) is 9.59 Å². The second kappa shape index (κ2) is 11.1. The van der Waals surface area contributed by atoms with E-state index in [9.17, 15) is 9.59 Å². The first-order valence-corrected chi connectivity index (χ1v) is 13.9. The molecule has 4 aromatic heterocycles. The predicted octanol–water partition coefficient (Wildman–Crippen LogP) is 2.61. The minimum absolute atomic E-state index is 0.0868. The van der Waals surface area contributed by atoms with Crippen molar-refractivity contribution in [1.82, 2.24) is 34.2 Å². The van der Waals surface area contributed by atoms with Crippen LogP contribution in [0.5, 0.6) is 0 Å². The molecule has 0 aliphatic carbocycles. The molecule has 0 unspecified atom stereocenters. The van der Waals surface area contributed by atoms with Gasteiger partial charge in [0, 0.05) is 37.6 Å². The fourth-order valence-electron chi connectivity index (χ4n) is 5.25. The van der Waals surface area contributed by atoms with Crippen molar-refractivity contribution in [3.05, 3.63) is 47.9 Å². The summed E-state index contributed by atoms with van der Waals surface area (Å²) in [4.78, 5) is 40.5. The van der Waals surface area contributed by atoms with Gasteiger partial charge in [-0.25, -0.2) is 18.9 Å². The molecule has 5 rings (SSSR count). The number of aromatic nitrogens is 5. The van der Waals surface area contributed by atoms with E-state index in [1.54, 1.807) is 30.0 Å². The number of hydrogen-bond acceptors (Lipinski definition) is 9. The number of amides is 2. The van der Waals surface area contributed by atoms with Crippen molar-refractivity contribution in [2.75, 3.05) is 31.6 Å². The zero-order chi connectivity index (χ0) is 27.7. The zero-order valence-electron chi connectivity index (χ0n) is 22.6. The fraction of sp³-hybridized carbons (Fsp3) is 0.407. The molecule has 1 aliphatic rings. The van der Waals surface area contributed by atoms with E-state index >= 15 is 0 Å². The van der Waals surface area contributed by atoms with Gasteiger partial charge in [-0.05, 0) is 68.1 Å². The maximum atomic E-state index is 12.9. The van der Waals surface area contributed by atoms with Crippen LogP contribution in [0.15, 0.2) is 36.8 Å². The molecule has 11 nitrogen and oxygen atoms in total. The lowest BCUT2D eigenvalue weighted by molar-refractivity contribution is -0.123. The van der Waals surface area contributed by atoms with E-state index in [1.807, 2.05) is 23.2 Å². The van der Waals surface area contributed by atoms with Crippen LogP contribution >= 0.6 is 11.5 Å². The molecule has 0 bridgehead atoms. The summed E-state index contributed by atoms with van der Waals surface area (Å²) in [5, 5.41) is 7.26. The Morgan fingerprint density at radius 2 is 2.05 bits per heavy atom. The van der Waals surface area contributed by atoms with Crippen molar-refractivity contribution < 1.29 is 9.59 Å². The molecule has 0 radical (unpaired) electrons. The van der Waals surface area contributed by atoms with Crippen LogP contribution in [0.4, 0.5) is 5.82 Å². The largest absolute Gasteiger partial charge is 0.366 e. The molecule has 39 heavy (non-hydrogen) atoms. The number of primary amides is 1. The normalized spacial score (nSPS) is 15.9. The van der Waals surface area contributed by atoms with Gasteiger partial charge in [0.2, 0.25) is 11.8 Å². The first-order chi connectivity index (χ1) is 18.9. The van der Waals surface area contributed by atoms with Crippen molar-refractivity contribution in [2.24, 2.45) is 5.73 Å². The second-order valence-electron chi connectivity index (χ2n) is 9.62. The molecule has 0 saturated carbocycles. The van der Waals surface area contributed by atoms with Gasteiger partial charge in [0.15, 0.2) is 5.65 Å².